The summed E-state index contributed by atoms with van der Waals surface area (Å²) in [6, 6.07) is 8.12. The van der Waals surface area contributed by atoms with Crippen molar-refractivity contribution in [3.05, 3.63) is 30.0 Å². The van der Waals surface area contributed by atoms with Gasteiger partial charge in [-0.3, -0.25) is 4.68 Å². The van der Waals surface area contributed by atoms with Crippen molar-refractivity contribution in [1.29, 1.82) is 0 Å². The molecular formula is C12H16ClN3O. The van der Waals surface area contributed by atoms with Gasteiger partial charge in [0.15, 0.2) is 0 Å². The Kier molecular flexibility index (Phi) is 3.38. The van der Waals surface area contributed by atoms with Crippen molar-refractivity contribution < 1.29 is 4.74 Å². The second kappa shape index (κ2) is 4.64. The Hall–Kier alpha value is -1.10. The van der Waals surface area contributed by atoms with Crippen LogP contribution in [0.5, 0.6) is 0 Å². The van der Waals surface area contributed by atoms with Crippen LogP contribution in [0.3, 0.4) is 0 Å². The van der Waals surface area contributed by atoms with Crippen LogP contribution in [0.25, 0.3) is 10.9 Å². The first-order valence-electron chi connectivity index (χ1n) is 5.60. The predicted octanol–water partition coefficient (Wildman–Crippen LogP) is 1.88. The van der Waals surface area contributed by atoms with Gasteiger partial charge in [0.2, 0.25) is 0 Å². The van der Waals surface area contributed by atoms with Crippen molar-refractivity contribution >= 4 is 23.3 Å². The minimum Gasteiger partial charge on any atom is -0.368 e. The van der Waals surface area contributed by atoms with Gasteiger partial charge in [-0.15, -0.1) is 12.4 Å². The maximum atomic E-state index is 5.97. The Morgan fingerprint density at radius 1 is 1.47 bits per heavy atom. The third-order valence-electron chi connectivity index (χ3n) is 3.03. The molecule has 2 atom stereocenters. The monoisotopic (exact) mass is 253 g/mol. The van der Waals surface area contributed by atoms with E-state index in [-0.39, 0.29) is 24.6 Å². The number of ether oxygens (including phenoxy) is 1. The molecule has 4 nitrogen and oxygen atoms in total. The molecule has 0 unspecified atom stereocenters. The molecule has 0 bridgehead atoms. The number of hydrogen-bond acceptors (Lipinski definition) is 3. The molecule has 5 heteroatoms. The molecule has 2 N–H and O–H groups in total. The quantitative estimate of drug-likeness (QED) is 0.844. The molecule has 0 saturated heterocycles. The van der Waals surface area contributed by atoms with Crippen molar-refractivity contribution in [2.45, 2.75) is 25.6 Å². The fourth-order valence-corrected chi connectivity index (χ4v) is 2.32. The second-order valence-electron chi connectivity index (χ2n) is 4.28. The van der Waals surface area contributed by atoms with Gasteiger partial charge in [0.25, 0.3) is 0 Å². The Morgan fingerprint density at radius 3 is 3.00 bits per heavy atom. The van der Waals surface area contributed by atoms with E-state index in [4.69, 9.17) is 10.5 Å². The molecule has 0 spiro atoms. The molecule has 3 rings (SSSR count). The normalized spacial score (nSPS) is 20.7. The average molecular weight is 254 g/mol. The molecule has 0 fully saturated rings. The van der Waals surface area contributed by atoms with Crippen LogP contribution in [0.4, 0.5) is 0 Å². The molecule has 1 aliphatic heterocycles. The lowest BCUT2D eigenvalue weighted by Crippen LogP contribution is -2.33. The van der Waals surface area contributed by atoms with Crippen molar-refractivity contribution in [3.8, 4) is 0 Å². The molecule has 0 saturated carbocycles. The van der Waals surface area contributed by atoms with Crippen molar-refractivity contribution in [2.24, 2.45) is 5.73 Å². The Labute approximate surface area is 106 Å². The van der Waals surface area contributed by atoms with Gasteiger partial charge >= 0.3 is 0 Å². The second-order valence-corrected chi connectivity index (χ2v) is 4.28. The highest BCUT2D eigenvalue weighted by atomic mass is 35.5. The number of halogens is 1. The van der Waals surface area contributed by atoms with Gasteiger partial charge in [0.1, 0.15) is 6.10 Å². The van der Waals surface area contributed by atoms with Crippen LogP contribution in [0.1, 0.15) is 18.7 Å². The lowest BCUT2D eigenvalue weighted by atomic mass is 10.1. The smallest absolute Gasteiger partial charge is 0.115 e. The van der Waals surface area contributed by atoms with E-state index in [0.29, 0.717) is 6.61 Å². The number of nitrogens with zero attached hydrogens (tertiary/aromatic N) is 2. The van der Waals surface area contributed by atoms with E-state index < -0.39 is 0 Å². The molecule has 0 radical (unpaired) electrons. The number of fused-ring (bicyclic) bond motifs is 3. The van der Waals surface area contributed by atoms with E-state index in [1.54, 1.807) is 0 Å². The van der Waals surface area contributed by atoms with Gasteiger partial charge in [-0.2, -0.15) is 5.10 Å². The summed E-state index contributed by atoms with van der Waals surface area (Å²) in [5.74, 6) is 0. The maximum absolute atomic E-state index is 5.97. The molecular weight excluding hydrogens is 238 g/mol. The maximum Gasteiger partial charge on any atom is 0.115 e. The SMILES string of the molecule is C[C@@H](N)[C@H]1OCCn2nc3ccccc3c21.Cl. The third-order valence-corrected chi connectivity index (χ3v) is 3.03. The first kappa shape index (κ1) is 12.4. The van der Waals surface area contributed by atoms with Crippen LogP contribution in [-0.2, 0) is 11.3 Å². The summed E-state index contributed by atoms with van der Waals surface area (Å²) in [6.07, 6.45) is -0.0406. The highest BCUT2D eigenvalue weighted by Crippen LogP contribution is 2.30. The molecule has 1 aromatic carbocycles. The Balaban J connectivity index is 0.00000108. The van der Waals surface area contributed by atoms with E-state index in [2.05, 4.69) is 11.2 Å². The van der Waals surface area contributed by atoms with Gasteiger partial charge in [0.05, 0.1) is 24.4 Å². The third kappa shape index (κ3) is 1.92. The van der Waals surface area contributed by atoms with Gasteiger partial charge in [-0.05, 0) is 13.0 Å². The number of rotatable bonds is 1. The molecule has 92 valence electrons. The number of benzene rings is 1. The lowest BCUT2D eigenvalue weighted by molar-refractivity contribution is 0.00537. The zero-order valence-corrected chi connectivity index (χ0v) is 10.5. The standard InChI is InChI=1S/C12H15N3O.ClH/c1-8(13)12-11-9-4-2-3-5-10(9)14-15(11)6-7-16-12;/h2-5,8,12H,6-7,13H2,1H3;1H/t8-,12-;/m1./s1. The summed E-state index contributed by atoms with van der Waals surface area (Å²) in [7, 11) is 0. The minimum absolute atomic E-state index is 0. The van der Waals surface area contributed by atoms with Crippen LogP contribution < -0.4 is 5.73 Å². The molecule has 1 aromatic heterocycles. The van der Waals surface area contributed by atoms with E-state index in [9.17, 15) is 0 Å². The number of hydrogen-bond donors (Lipinski definition) is 1. The van der Waals surface area contributed by atoms with Crippen LogP contribution >= 0.6 is 12.4 Å². The Bertz CT molecular complexity index is 523. The van der Waals surface area contributed by atoms with E-state index in [1.807, 2.05) is 29.8 Å². The summed E-state index contributed by atoms with van der Waals surface area (Å²) < 4.78 is 7.78. The molecule has 1 aliphatic rings. The Morgan fingerprint density at radius 2 is 2.24 bits per heavy atom. The largest absolute Gasteiger partial charge is 0.368 e. The van der Waals surface area contributed by atoms with Crippen molar-refractivity contribution in [2.75, 3.05) is 6.61 Å². The lowest BCUT2D eigenvalue weighted by Gasteiger charge is -2.27. The zero-order valence-electron chi connectivity index (χ0n) is 9.67. The number of aromatic nitrogens is 2. The van der Waals surface area contributed by atoms with Crippen molar-refractivity contribution in [3.63, 3.8) is 0 Å². The summed E-state index contributed by atoms with van der Waals surface area (Å²) in [5, 5.41) is 5.72. The summed E-state index contributed by atoms with van der Waals surface area (Å²) >= 11 is 0. The van der Waals surface area contributed by atoms with Gasteiger partial charge in [-0.1, -0.05) is 18.2 Å². The summed E-state index contributed by atoms with van der Waals surface area (Å²) in [4.78, 5) is 0. The molecule has 2 aromatic rings. The van der Waals surface area contributed by atoms with E-state index in [1.165, 1.54) is 0 Å². The molecule has 0 amide bonds. The predicted molar refractivity (Wildman–Crippen MR) is 69.3 cm³/mol. The number of nitrogens with two attached hydrogens (primary N) is 1. The van der Waals surface area contributed by atoms with Crippen molar-refractivity contribution in [1.82, 2.24) is 9.78 Å². The first-order valence-corrected chi connectivity index (χ1v) is 5.60. The zero-order chi connectivity index (χ0) is 11.1. The minimum atomic E-state index is -0.0406. The van der Waals surface area contributed by atoms with Gasteiger partial charge in [-0.25, -0.2) is 0 Å². The molecule has 0 aliphatic carbocycles. The van der Waals surface area contributed by atoms with Gasteiger partial charge < -0.3 is 10.5 Å². The summed E-state index contributed by atoms with van der Waals surface area (Å²) in [5.41, 5.74) is 8.11. The van der Waals surface area contributed by atoms with Crippen LogP contribution in [0, 0.1) is 0 Å². The van der Waals surface area contributed by atoms with Crippen LogP contribution in [0.15, 0.2) is 24.3 Å². The average Bonchev–Trinajstić information content (AvgIpc) is 2.66. The fourth-order valence-electron chi connectivity index (χ4n) is 2.32. The van der Waals surface area contributed by atoms with E-state index >= 15 is 0 Å². The summed E-state index contributed by atoms with van der Waals surface area (Å²) in [6.45, 7) is 3.47. The first-order chi connectivity index (χ1) is 7.77. The highest BCUT2D eigenvalue weighted by Gasteiger charge is 2.27. The van der Waals surface area contributed by atoms with E-state index in [0.717, 1.165) is 23.1 Å². The van der Waals surface area contributed by atoms with Gasteiger partial charge in [0, 0.05) is 11.4 Å². The highest BCUT2D eigenvalue weighted by molar-refractivity contribution is 5.85. The fraction of sp³-hybridized carbons (Fsp3) is 0.417. The van der Waals surface area contributed by atoms with Crippen LogP contribution in [0.2, 0.25) is 0 Å². The van der Waals surface area contributed by atoms with Crippen LogP contribution in [-0.4, -0.2) is 22.4 Å². The topological polar surface area (TPSA) is 53.1 Å². The molecule has 17 heavy (non-hydrogen) atoms. The molecule has 2 heterocycles.